The zero-order valence-electron chi connectivity index (χ0n) is 11.2. The Morgan fingerprint density at radius 3 is 2.44 bits per heavy atom. The van der Waals surface area contributed by atoms with Crippen molar-refractivity contribution in [2.24, 2.45) is 0 Å². The summed E-state index contributed by atoms with van der Waals surface area (Å²) in [6, 6.07) is -0.125. The van der Waals surface area contributed by atoms with E-state index < -0.39 is 6.10 Å². The summed E-state index contributed by atoms with van der Waals surface area (Å²) >= 11 is 0. The van der Waals surface area contributed by atoms with Gasteiger partial charge in [0.05, 0.1) is 17.7 Å². The van der Waals surface area contributed by atoms with Gasteiger partial charge in [-0.05, 0) is 33.6 Å². The number of hydrogen-bond acceptors (Lipinski definition) is 3. The van der Waals surface area contributed by atoms with Crippen LogP contribution in [0.15, 0.2) is 4.42 Å². The average molecular weight is 251 g/mol. The summed E-state index contributed by atoms with van der Waals surface area (Å²) < 4.78 is 5.46. The minimum absolute atomic E-state index is 0.125. The van der Waals surface area contributed by atoms with Gasteiger partial charge in [0.15, 0.2) is 0 Å². The van der Waals surface area contributed by atoms with Crippen molar-refractivity contribution in [1.29, 1.82) is 0 Å². The van der Waals surface area contributed by atoms with Crippen LogP contribution < -0.4 is 5.32 Å². The van der Waals surface area contributed by atoms with E-state index in [0.717, 1.165) is 37.0 Å². The molecule has 0 unspecified atom stereocenters. The SMILES string of the molecule is Cc1oc(C)c(C(=O)N[C@@H]2CCCC[C@H]2O)c1C. The normalized spacial score (nSPS) is 24.0. The predicted octanol–water partition coefficient (Wildman–Crippen LogP) is 2.24. The number of aliphatic hydroxyl groups is 1. The summed E-state index contributed by atoms with van der Waals surface area (Å²) in [5.41, 5.74) is 1.50. The Labute approximate surface area is 107 Å². The molecule has 100 valence electrons. The van der Waals surface area contributed by atoms with E-state index in [2.05, 4.69) is 5.32 Å². The Hall–Kier alpha value is -1.29. The third-order valence-electron chi connectivity index (χ3n) is 3.83. The number of carbonyl (C=O) groups excluding carboxylic acids is 1. The van der Waals surface area contributed by atoms with E-state index in [4.69, 9.17) is 4.42 Å². The Morgan fingerprint density at radius 1 is 1.22 bits per heavy atom. The van der Waals surface area contributed by atoms with Crippen LogP contribution in [0, 0.1) is 20.8 Å². The number of furan rings is 1. The van der Waals surface area contributed by atoms with Crippen molar-refractivity contribution >= 4 is 5.91 Å². The summed E-state index contributed by atoms with van der Waals surface area (Å²) in [7, 11) is 0. The van der Waals surface area contributed by atoms with Crippen LogP contribution in [0.2, 0.25) is 0 Å². The molecule has 1 amide bonds. The number of carbonyl (C=O) groups is 1. The standard InChI is InChI=1S/C14H21NO3/c1-8-9(2)18-10(3)13(8)14(17)15-11-6-4-5-7-12(11)16/h11-12,16H,4-7H2,1-3H3,(H,15,17)/t11-,12-/m1/s1. The molecule has 18 heavy (non-hydrogen) atoms. The molecule has 0 aromatic carbocycles. The first-order valence-corrected chi connectivity index (χ1v) is 6.56. The molecule has 1 saturated carbocycles. The second-order valence-electron chi connectivity index (χ2n) is 5.15. The average Bonchev–Trinajstić information content (AvgIpc) is 2.56. The monoisotopic (exact) mass is 251 g/mol. The third-order valence-corrected chi connectivity index (χ3v) is 3.83. The fourth-order valence-electron chi connectivity index (χ4n) is 2.65. The highest BCUT2D eigenvalue weighted by Gasteiger charge is 2.27. The molecule has 2 rings (SSSR count). The van der Waals surface area contributed by atoms with Crippen LogP contribution in [0.25, 0.3) is 0 Å². The summed E-state index contributed by atoms with van der Waals surface area (Å²) in [5, 5.41) is 12.8. The van der Waals surface area contributed by atoms with Crippen LogP contribution in [0.1, 0.15) is 53.1 Å². The molecule has 1 aromatic rings. The van der Waals surface area contributed by atoms with Crippen molar-refractivity contribution in [3.63, 3.8) is 0 Å². The van der Waals surface area contributed by atoms with Gasteiger partial charge in [0.1, 0.15) is 11.5 Å². The predicted molar refractivity (Wildman–Crippen MR) is 68.6 cm³/mol. The van der Waals surface area contributed by atoms with E-state index in [-0.39, 0.29) is 11.9 Å². The molecule has 1 aromatic heterocycles. The maximum absolute atomic E-state index is 12.2. The van der Waals surface area contributed by atoms with E-state index in [1.165, 1.54) is 0 Å². The largest absolute Gasteiger partial charge is 0.466 e. The fourth-order valence-corrected chi connectivity index (χ4v) is 2.65. The van der Waals surface area contributed by atoms with E-state index in [1.807, 2.05) is 13.8 Å². The van der Waals surface area contributed by atoms with E-state index in [1.54, 1.807) is 6.92 Å². The van der Waals surface area contributed by atoms with Crippen LogP contribution in [-0.2, 0) is 0 Å². The van der Waals surface area contributed by atoms with E-state index >= 15 is 0 Å². The van der Waals surface area contributed by atoms with Gasteiger partial charge in [0.25, 0.3) is 5.91 Å². The quantitative estimate of drug-likeness (QED) is 0.847. The fraction of sp³-hybridized carbons (Fsp3) is 0.643. The summed E-state index contributed by atoms with van der Waals surface area (Å²) in [4.78, 5) is 12.2. The van der Waals surface area contributed by atoms with E-state index in [9.17, 15) is 9.90 Å². The topological polar surface area (TPSA) is 62.5 Å². The van der Waals surface area contributed by atoms with Gasteiger partial charge in [-0.15, -0.1) is 0 Å². The van der Waals surface area contributed by atoms with Gasteiger partial charge in [-0.1, -0.05) is 12.8 Å². The number of aliphatic hydroxyl groups excluding tert-OH is 1. The molecular weight excluding hydrogens is 230 g/mol. The first-order chi connectivity index (χ1) is 8.50. The number of nitrogens with one attached hydrogen (secondary N) is 1. The van der Waals surface area contributed by atoms with Gasteiger partial charge in [0, 0.05) is 5.56 Å². The lowest BCUT2D eigenvalue weighted by atomic mass is 9.92. The third kappa shape index (κ3) is 2.43. The Morgan fingerprint density at radius 2 is 1.89 bits per heavy atom. The zero-order valence-corrected chi connectivity index (χ0v) is 11.2. The number of rotatable bonds is 2. The molecule has 0 bridgehead atoms. The van der Waals surface area contributed by atoms with Crippen LogP contribution in [0.3, 0.4) is 0 Å². The van der Waals surface area contributed by atoms with Gasteiger partial charge >= 0.3 is 0 Å². The molecule has 4 heteroatoms. The minimum Gasteiger partial charge on any atom is -0.466 e. The van der Waals surface area contributed by atoms with Gasteiger partial charge in [-0.25, -0.2) is 0 Å². The molecule has 0 saturated heterocycles. The van der Waals surface area contributed by atoms with Crippen molar-refractivity contribution in [2.45, 2.75) is 58.6 Å². The summed E-state index contributed by atoms with van der Waals surface area (Å²) in [6.07, 6.45) is 3.30. The molecule has 1 fully saturated rings. The molecule has 4 nitrogen and oxygen atoms in total. The van der Waals surface area contributed by atoms with Crippen molar-refractivity contribution < 1.29 is 14.3 Å². The number of hydrogen-bond donors (Lipinski definition) is 2. The highest BCUT2D eigenvalue weighted by Crippen LogP contribution is 2.23. The van der Waals surface area contributed by atoms with E-state index in [0.29, 0.717) is 11.3 Å². The van der Waals surface area contributed by atoms with Gasteiger partial charge < -0.3 is 14.8 Å². The maximum atomic E-state index is 12.2. The lowest BCUT2D eigenvalue weighted by molar-refractivity contribution is 0.0716. The molecule has 1 heterocycles. The van der Waals surface area contributed by atoms with Crippen molar-refractivity contribution in [2.75, 3.05) is 0 Å². The van der Waals surface area contributed by atoms with Crippen molar-refractivity contribution in [3.8, 4) is 0 Å². The first kappa shape index (κ1) is 13.1. The van der Waals surface area contributed by atoms with Crippen molar-refractivity contribution in [3.05, 3.63) is 22.6 Å². The second kappa shape index (κ2) is 5.14. The van der Waals surface area contributed by atoms with Crippen LogP contribution in [-0.4, -0.2) is 23.2 Å². The van der Waals surface area contributed by atoms with Gasteiger partial charge in [-0.2, -0.15) is 0 Å². The highest BCUT2D eigenvalue weighted by atomic mass is 16.3. The molecule has 0 spiro atoms. The molecule has 2 atom stereocenters. The first-order valence-electron chi connectivity index (χ1n) is 6.56. The maximum Gasteiger partial charge on any atom is 0.255 e. The molecule has 0 aliphatic heterocycles. The van der Waals surface area contributed by atoms with Gasteiger partial charge in [-0.3, -0.25) is 4.79 Å². The summed E-state index contributed by atoms with van der Waals surface area (Å²) in [6.45, 7) is 5.54. The van der Waals surface area contributed by atoms with Crippen LogP contribution >= 0.6 is 0 Å². The number of aryl methyl sites for hydroxylation is 2. The molecule has 1 aliphatic rings. The summed E-state index contributed by atoms with van der Waals surface area (Å²) in [5.74, 6) is 1.29. The minimum atomic E-state index is -0.420. The van der Waals surface area contributed by atoms with Crippen LogP contribution in [0.5, 0.6) is 0 Å². The molecular formula is C14H21NO3. The highest BCUT2D eigenvalue weighted by molar-refractivity contribution is 5.97. The lowest BCUT2D eigenvalue weighted by Crippen LogP contribution is -2.45. The number of amides is 1. The smallest absolute Gasteiger partial charge is 0.255 e. The molecule has 2 N–H and O–H groups in total. The zero-order chi connectivity index (χ0) is 13.3. The Bertz CT molecular complexity index is 450. The Balaban J connectivity index is 2.12. The molecule has 0 radical (unpaired) electrons. The molecule has 1 aliphatic carbocycles. The lowest BCUT2D eigenvalue weighted by Gasteiger charge is -2.28. The second-order valence-corrected chi connectivity index (χ2v) is 5.15. The van der Waals surface area contributed by atoms with Crippen molar-refractivity contribution in [1.82, 2.24) is 5.32 Å². The van der Waals surface area contributed by atoms with Crippen LogP contribution in [0.4, 0.5) is 0 Å². The van der Waals surface area contributed by atoms with Gasteiger partial charge in [0.2, 0.25) is 0 Å². The Kier molecular flexibility index (Phi) is 3.76.